The van der Waals surface area contributed by atoms with Crippen molar-refractivity contribution >= 4 is 17.4 Å². The number of nitrogens with zero attached hydrogens (tertiary/aromatic N) is 4. The molecule has 6 nitrogen and oxygen atoms in total. The highest BCUT2D eigenvalue weighted by Crippen LogP contribution is 2.35. The number of benzene rings is 1. The summed E-state index contributed by atoms with van der Waals surface area (Å²) in [6.07, 6.45) is 1.57. The zero-order valence-corrected chi connectivity index (χ0v) is 11.5. The summed E-state index contributed by atoms with van der Waals surface area (Å²) in [6, 6.07) is 3.79. The van der Waals surface area contributed by atoms with Crippen molar-refractivity contribution in [2.24, 2.45) is 7.05 Å². The van der Waals surface area contributed by atoms with Crippen LogP contribution in [0.25, 0.3) is 0 Å². The third-order valence-electron chi connectivity index (χ3n) is 3.63. The van der Waals surface area contributed by atoms with Crippen molar-refractivity contribution in [3.8, 4) is 0 Å². The molecule has 1 aliphatic rings. The van der Waals surface area contributed by atoms with Crippen LogP contribution in [0.3, 0.4) is 0 Å². The lowest BCUT2D eigenvalue weighted by molar-refractivity contribution is -0.114. The van der Waals surface area contributed by atoms with E-state index in [4.69, 9.17) is 0 Å². The predicted octanol–water partition coefficient (Wildman–Crippen LogP) is 1.16. The summed E-state index contributed by atoms with van der Waals surface area (Å²) < 4.78 is 1.74. The average Bonchev–Trinajstić information content (AvgIpc) is 2.92. The molecule has 0 N–H and O–H groups in total. The summed E-state index contributed by atoms with van der Waals surface area (Å²) in [7, 11) is 1.81. The molecule has 1 aliphatic heterocycles. The quantitative estimate of drug-likeness (QED) is 0.768. The van der Waals surface area contributed by atoms with Crippen LogP contribution in [0.2, 0.25) is 0 Å². The van der Waals surface area contributed by atoms with Gasteiger partial charge in [-0.15, -0.1) is 10.2 Å². The molecule has 2 heterocycles. The highest BCUT2D eigenvalue weighted by molar-refractivity contribution is 6.52. The fourth-order valence-corrected chi connectivity index (χ4v) is 2.50. The zero-order chi connectivity index (χ0) is 14.4. The summed E-state index contributed by atoms with van der Waals surface area (Å²) in [5.41, 5.74) is 2.94. The lowest BCUT2D eigenvalue weighted by Crippen LogP contribution is -2.30. The Balaban J connectivity index is 2.11. The van der Waals surface area contributed by atoms with Gasteiger partial charge in [-0.25, -0.2) is 0 Å². The van der Waals surface area contributed by atoms with Gasteiger partial charge in [-0.1, -0.05) is 12.1 Å². The largest absolute Gasteiger partial charge is 0.319 e. The minimum atomic E-state index is -0.500. The lowest BCUT2D eigenvalue weighted by atomic mass is 10.0. The molecule has 0 unspecified atom stereocenters. The van der Waals surface area contributed by atoms with Crippen molar-refractivity contribution in [1.82, 2.24) is 14.8 Å². The van der Waals surface area contributed by atoms with Crippen LogP contribution in [-0.2, 0) is 18.4 Å². The van der Waals surface area contributed by atoms with E-state index in [0.29, 0.717) is 17.1 Å². The van der Waals surface area contributed by atoms with E-state index < -0.39 is 11.7 Å². The van der Waals surface area contributed by atoms with Crippen molar-refractivity contribution in [1.29, 1.82) is 0 Å². The molecule has 0 radical (unpaired) electrons. The fourth-order valence-electron chi connectivity index (χ4n) is 2.50. The standard InChI is InChI=1S/C14H14N4O2/c1-8-4-5-9(2)12-11(8)13(19)14(20)18(12)6-10-16-15-7-17(10)3/h4-5,7H,6H2,1-3H3. The molecule has 0 bridgehead atoms. The van der Waals surface area contributed by atoms with Gasteiger partial charge in [0, 0.05) is 7.05 Å². The highest BCUT2D eigenvalue weighted by atomic mass is 16.2. The Labute approximate surface area is 116 Å². The molecule has 1 aromatic heterocycles. The number of hydrogen-bond acceptors (Lipinski definition) is 4. The average molecular weight is 270 g/mol. The maximum Gasteiger partial charge on any atom is 0.299 e. The topological polar surface area (TPSA) is 68.1 Å². The van der Waals surface area contributed by atoms with Crippen LogP contribution in [0, 0.1) is 13.8 Å². The number of fused-ring (bicyclic) bond motifs is 1. The first-order valence-corrected chi connectivity index (χ1v) is 6.30. The van der Waals surface area contributed by atoms with E-state index in [1.165, 1.54) is 4.90 Å². The predicted molar refractivity (Wildman–Crippen MR) is 72.4 cm³/mol. The van der Waals surface area contributed by atoms with Crippen molar-refractivity contribution < 1.29 is 9.59 Å². The van der Waals surface area contributed by atoms with Gasteiger partial charge < -0.3 is 4.57 Å². The molecule has 1 aromatic carbocycles. The summed E-state index contributed by atoms with van der Waals surface area (Å²) in [4.78, 5) is 25.9. The van der Waals surface area contributed by atoms with Crippen molar-refractivity contribution in [2.45, 2.75) is 20.4 Å². The number of aryl methyl sites for hydroxylation is 3. The van der Waals surface area contributed by atoms with Crippen LogP contribution in [0.5, 0.6) is 0 Å². The number of carbonyl (C=O) groups is 2. The molecular weight excluding hydrogens is 256 g/mol. The van der Waals surface area contributed by atoms with Crippen LogP contribution in [0.1, 0.15) is 27.3 Å². The Bertz CT molecular complexity index is 733. The highest BCUT2D eigenvalue weighted by Gasteiger charge is 2.38. The molecule has 0 saturated heterocycles. The third kappa shape index (κ3) is 1.65. The van der Waals surface area contributed by atoms with Gasteiger partial charge in [0.05, 0.1) is 17.8 Å². The van der Waals surface area contributed by atoms with E-state index in [0.717, 1.165) is 11.1 Å². The smallest absolute Gasteiger partial charge is 0.299 e. The van der Waals surface area contributed by atoms with Crippen LogP contribution >= 0.6 is 0 Å². The van der Waals surface area contributed by atoms with Crippen LogP contribution in [-0.4, -0.2) is 26.5 Å². The maximum atomic E-state index is 12.2. The van der Waals surface area contributed by atoms with E-state index in [2.05, 4.69) is 10.2 Å². The first-order valence-electron chi connectivity index (χ1n) is 6.30. The molecule has 0 spiro atoms. The molecule has 20 heavy (non-hydrogen) atoms. The molecule has 0 saturated carbocycles. The summed E-state index contributed by atoms with van der Waals surface area (Å²) >= 11 is 0. The van der Waals surface area contributed by atoms with Crippen molar-refractivity contribution in [2.75, 3.05) is 4.90 Å². The van der Waals surface area contributed by atoms with E-state index >= 15 is 0 Å². The van der Waals surface area contributed by atoms with Gasteiger partial charge in [0.25, 0.3) is 11.7 Å². The Morgan fingerprint density at radius 1 is 1.15 bits per heavy atom. The number of anilines is 1. The van der Waals surface area contributed by atoms with Crippen LogP contribution < -0.4 is 4.90 Å². The van der Waals surface area contributed by atoms with Gasteiger partial charge in [0.2, 0.25) is 0 Å². The van der Waals surface area contributed by atoms with E-state index in [-0.39, 0.29) is 6.54 Å². The van der Waals surface area contributed by atoms with Gasteiger partial charge in [0.1, 0.15) is 6.33 Å². The van der Waals surface area contributed by atoms with Gasteiger partial charge in [-0.3, -0.25) is 14.5 Å². The number of aromatic nitrogens is 3. The van der Waals surface area contributed by atoms with Crippen LogP contribution in [0.4, 0.5) is 5.69 Å². The molecule has 0 aliphatic carbocycles. The normalized spacial score (nSPS) is 14.1. The van der Waals surface area contributed by atoms with E-state index in [1.807, 2.05) is 33.0 Å². The Hall–Kier alpha value is -2.50. The number of rotatable bonds is 2. The first kappa shape index (κ1) is 12.5. The van der Waals surface area contributed by atoms with Crippen molar-refractivity contribution in [3.05, 3.63) is 41.0 Å². The number of ketones is 1. The van der Waals surface area contributed by atoms with Gasteiger partial charge in [-0.05, 0) is 25.0 Å². The van der Waals surface area contributed by atoms with Crippen LogP contribution in [0.15, 0.2) is 18.5 Å². The fraction of sp³-hybridized carbons (Fsp3) is 0.286. The second-order valence-corrected chi connectivity index (χ2v) is 5.00. The number of carbonyl (C=O) groups excluding carboxylic acids is 2. The van der Waals surface area contributed by atoms with E-state index in [9.17, 15) is 9.59 Å². The van der Waals surface area contributed by atoms with Gasteiger partial charge in [0.15, 0.2) is 5.82 Å². The molecule has 102 valence electrons. The molecule has 0 fully saturated rings. The summed E-state index contributed by atoms with van der Waals surface area (Å²) in [6.45, 7) is 3.99. The molecule has 1 amide bonds. The second kappa shape index (κ2) is 4.26. The zero-order valence-electron chi connectivity index (χ0n) is 11.5. The van der Waals surface area contributed by atoms with Crippen molar-refractivity contribution in [3.63, 3.8) is 0 Å². The SMILES string of the molecule is Cc1ccc(C)c2c1C(=O)C(=O)N2Cc1nncn1C. The first-order chi connectivity index (χ1) is 9.50. The molecule has 0 atom stereocenters. The minimum absolute atomic E-state index is 0.248. The minimum Gasteiger partial charge on any atom is -0.319 e. The number of Topliss-reactive ketones (excluding diaryl/α,β-unsaturated/α-hetero) is 1. The Morgan fingerprint density at radius 2 is 1.85 bits per heavy atom. The summed E-state index contributed by atoms with van der Waals surface area (Å²) in [5.74, 6) is -0.302. The maximum absolute atomic E-state index is 12.2. The third-order valence-corrected chi connectivity index (χ3v) is 3.63. The monoisotopic (exact) mass is 270 g/mol. The molecule has 2 aromatic rings. The van der Waals surface area contributed by atoms with E-state index in [1.54, 1.807) is 10.9 Å². The summed E-state index contributed by atoms with van der Waals surface area (Å²) in [5, 5.41) is 7.77. The Kier molecular flexibility index (Phi) is 2.67. The Morgan fingerprint density at radius 3 is 2.50 bits per heavy atom. The van der Waals surface area contributed by atoms with Gasteiger partial charge >= 0.3 is 0 Å². The lowest BCUT2D eigenvalue weighted by Gasteiger charge is -2.18. The molecule has 6 heteroatoms. The molecule has 3 rings (SSSR count). The van der Waals surface area contributed by atoms with Gasteiger partial charge in [-0.2, -0.15) is 0 Å². The second-order valence-electron chi connectivity index (χ2n) is 5.00. The number of amides is 1. The molecular formula is C14H14N4O2. The number of hydrogen-bond donors (Lipinski definition) is 0.